The number of phenolic OH excluding ortho intramolecular Hbond substituents is 1. The molecule has 0 radical (unpaired) electrons. The van der Waals surface area contributed by atoms with Crippen LogP contribution in [0.25, 0.3) is 11.0 Å². The molecular formula is C26H37ClN2O4. The Hall–Kier alpha value is -1.60. The zero-order valence-corrected chi connectivity index (χ0v) is 20.7. The topological polar surface area (TPSA) is 66.2 Å². The van der Waals surface area contributed by atoms with Gasteiger partial charge in [-0.05, 0) is 62.7 Å². The van der Waals surface area contributed by atoms with Crippen LogP contribution in [0.3, 0.4) is 0 Å². The predicted molar refractivity (Wildman–Crippen MR) is 132 cm³/mol. The van der Waals surface area contributed by atoms with Gasteiger partial charge in [0.15, 0.2) is 0 Å². The summed E-state index contributed by atoms with van der Waals surface area (Å²) >= 11 is 6.46. The molecule has 2 atom stereocenters. The molecule has 0 aliphatic carbocycles. The second-order valence-corrected chi connectivity index (χ2v) is 10.0. The fourth-order valence-electron chi connectivity index (χ4n) is 5.80. The van der Waals surface area contributed by atoms with E-state index in [-0.39, 0.29) is 11.4 Å². The number of nitrogens with zero attached hydrogens (tertiary/aromatic N) is 2. The summed E-state index contributed by atoms with van der Waals surface area (Å²) in [6, 6.07) is 3.91. The third kappa shape index (κ3) is 5.56. The van der Waals surface area contributed by atoms with Gasteiger partial charge in [-0.3, -0.25) is 4.90 Å². The van der Waals surface area contributed by atoms with E-state index >= 15 is 0 Å². The zero-order valence-electron chi connectivity index (χ0n) is 19.9. The van der Waals surface area contributed by atoms with Gasteiger partial charge in [0.05, 0.1) is 17.2 Å². The third-order valence-corrected chi connectivity index (χ3v) is 7.66. The average Bonchev–Trinajstić information content (AvgIpc) is 2.81. The number of aromatic hydroxyl groups is 1. The maximum absolute atomic E-state index is 12.3. The number of hydrogen-bond acceptors (Lipinski definition) is 6. The number of methoxy groups -OCH3 is 1. The summed E-state index contributed by atoms with van der Waals surface area (Å²) in [5.41, 5.74) is 1.58. The molecule has 2 aromatic rings. The van der Waals surface area contributed by atoms with Crippen LogP contribution in [0.1, 0.15) is 56.6 Å². The van der Waals surface area contributed by atoms with E-state index in [1.807, 2.05) is 0 Å². The average molecular weight is 477 g/mol. The van der Waals surface area contributed by atoms with Gasteiger partial charge in [-0.2, -0.15) is 0 Å². The summed E-state index contributed by atoms with van der Waals surface area (Å²) in [7, 11) is 1.71. The highest BCUT2D eigenvalue weighted by molar-refractivity contribution is 6.33. The lowest BCUT2D eigenvalue weighted by molar-refractivity contribution is 0.0335. The molecule has 33 heavy (non-hydrogen) atoms. The van der Waals surface area contributed by atoms with Gasteiger partial charge in [0, 0.05) is 44.2 Å². The number of halogens is 1. The molecular weight excluding hydrogens is 440 g/mol. The third-order valence-electron chi connectivity index (χ3n) is 7.38. The summed E-state index contributed by atoms with van der Waals surface area (Å²) in [6.07, 6.45) is 8.01. The van der Waals surface area contributed by atoms with E-state index in [0.29, 0.717) is 41.3 Å². The first-order valence-electron chi connectivity index (χ1n) is 12.4. The van der Waals surface area contributed by atoms with E-state index in [2.05, 4.69) is 16.7 Å². The van der Waals surface area contributed by atoms with Gasteiger partial charge in [-0.1, -0.05) is 31.4 Å². The highest BCUT2D eigenvalue weighted by atomic mass is 35.5. The molecule has 1 N–H and O–H groups in total. The van der Waals surface area contributed by atoms with Crippen LogP contribution < -0.4 is 5.63 Å². The van der Waals surface area contributed by atoms with Crippen molar-refractivity contribution in [3.8, 4) is 5.75 Å². The summed E-state index contributed by atoms with van der Waals surface area (Å²) in [4.78, 5) is 17.4. The van der Waals surface area contributed by atoms with Gasteiger partial charge < -0.3 is 19.2 Å². The Kier molecular flexibility index (Phi) is 8.34. The number of hydrogen-bond donors (Lipinski definition) is 1. The number of aryl methyl sites for hydroxylation is 1. The molecule has 2 aliphatic heterocycles. The van der Waals surface area contributed by atoms with Gasteiger partial charge in [0.1, 0.15) is 11.3 Å². The largest absolute Gasteiger partial charge is 0.506 e. The summed E-state index contributed by atoms with van der Waals surface area (Å²) in [6.45, 7) is 7.24. The first-order chi connectivity index (χ1) is 16.0. The van der Waals surface area contributed by atoms with Crippen molar-refractivity contribution in [2.24, 2.45) is 5.92 Å². The molecule has 2 saturated heterocycles. The van der Waals surface area contributed by atoms with Crippen LogP contribution in [-0.2, 0) is 17.7 Å². The van der Waals surface area contributed by atoms with Crippen molar-refractivity contribution in [1.29, 1.82) is 0 Å². The van der Waals surface area contributed by atoms with Crippen LogP contribution in [0.4, 0.5) is 0 Å². The highest BCUT2D eigenvalue weighted by Crippen LogP contribution is 2.37. The minimum Gasteiger partial charge on any atom is -0.506 e. The lowest BCUT2D eigenvalue weighted by Gasteiger charge is -2.45. The van der Waals surface area contributed by atoms with Gasteiger partial charge in [-0.15, -0.1) is 0 Å². The van der Waals surface area contributed by atoms with Crippen LogP contribution in [0.15, 0.2) is 21.3 Å². The Morgan fingerprint density at radius 2 is 2.06 bits per heavy atom. The molecule has 2 fully saturated rings. The van der Waals surface area contributed by atoms with Crippen LogP contribution >= 0.6 is 11.6 Å². The van der Waals surface area contributed by atoms with Gasteiger partial charge in [0.2, 0.25) is 0 Å². The monoisotopic (exact) mass is 476 g/mol. The lowest BCUT2D eigenvalue weighted by Crippen LogP contribution is -2.51. The van der Waals surface area contributed by atoms with Crippen molar-refractivity contribution in [2.45, 2.75) is 64.5 Å². The fraction of sp³-hybridized carbons (Fsp3) is 0.654. The molecule has 6 nitrogen and oxygen atoms in total. The quantitative estimate of drug-likeness (QED) is 0.523. The Morgan fingerprint density at radius 3 is 2.85 bits per heavy atom. The molecule has 0 unspecified atom stereocenters. The number of ether oxygens (including phenoxy) is 1. The summed E-state index contributed by atoms with van der Waals surface area (Å²) in [5, 5.41) is 12.0. The minimum atomic E-state index is -0.387. The van der Waals surface area contributed by atoms with Crippen LogP contribution in [0.2, 0.25) is 5.02 Å². The molecule has 3 heterocycles. The molecule has 7 heteroatoms. The normalized spacial score (nSPS) is 21.6. The second kappa shape index (κ2) is 11.2. The second-order valence-electron chi connectivity index (χ2n) is 9.63. The van der Waals surface area contributed by atoms with Gasteiger partial charge >= 0.3 is 5.63 Å². The van der Waals surface area contributed by atoms with E-state index < -0.39 is 0 Å². The maximum atomic E-state index is 12.3. The molecule has 0 saturated carbocycles. The molecule has 1 aromatic heterocycles. The number of fused-ring (bicyclic) bond motifs is 2. The first-order valence-corrected chi connectivity index (χ1v) is 12.8. The Morgan fingerprint density at radius 1 is 1.24 bits per heavy atom. The molecule has 0 bridgehead atoms. The van der Waals surface area contributed by atoms with Crippen molar-refractivity contribution in [1.82, 2.24) is 9.80 Å². The van der Waals surface area contributed by atoms with Crippen LogP contribution in [0, 0.1) is 5.92 Å². The minimum absolute atomic E-state index is 0.00585. The van der Waals surface area contributed by atoms with E-state index in [9.17, 15) is 9.90 Å². The van der Waals surface area contributed by atoms with E-state index in [1.165, 1.54) is 45.2 Å². The Balaban J connectivity index is 1.66. The number of rotatable bonds is 9. The van der Waals surface area contributed by atoms with E-state index in [1.54, 1.807) is 19.2 Å². The molecule has 0 amide bonds. The van der Waals surface area contributed by atoms with Crippen molar-refractivity contribution in [3.05, 3.63) is 38.7 Å². The van der Waals surface area contributed by atoms with Crippen molar-refractivity contribution >= 4 is 22.6 Å². The first kappa shape index (κ1) is 24.5. The zero-order chi connectivity index (χ0) is 23.4. The smallest absolute Gasteiger partial charge is 0.336 e. The molecule has 2 aliphatic rings. The Bertz CT molecular complexity index is 1010. The standard InChI is InChI=1S/C26H37ClN2O4/c1-3-7-18-14-24(30)33-26-20(18)15-22(27)25(31)21(26)17-28(12-13-32-2)16-19-8-6-11-29-10-5-4-9-23(19)29/h14-15,19,23,31H,3-13,16-17H2,1-2H3/t19-,23+/m0/s1. The molecule has 4 rings (SSSR count). The fourth-order valence-corrected chi connectivity index (χ4v) is 6.03. The molecule has 182 valence electrons. The van der Waals surface area contributed by atoms with Crippen LogP contribution in [-0.4, -0.2) is 60.8 Å². The lowest BCUT2D eigenvalue weighted by atomic mass is 9.83. The summed E-state index contributed by atoms with van der Waals surface area (Å²) < 4.78 is 11.1. The predicted octanol–water partition coefficient (Wildman–Crippen LogP) is 4.82. The van der Waals surface area contributed by atoms with E-state index in [4.69, 9.17) is 20.8 Å². The molecule has 1 aromatic carbocycles. The maximum Gasteiger partial charge on any atom is 0.336 e. The highest BCUT2D eigenvalue weighted by Gasteiger charge is 2.34. The summed E-state index contributed by atoms with van der Waals surface area (Å²) in [5.74, 6) is 0.595. The Labute approximate surface area is 201 Å². The van der Waals surface area contributed by atoms with Crippen molar-refractivity contribution in [2.75, 3.05) is 39.9 Å². The van der Waals surface area contributed by atoms with E-state index in [0.717, 1.165) is 36.9 Å². The van der Waals surface area contributed by atoms with Crippen molar-refractivity contribution < 1.29 is 14.3 Å². The van der Waals surface area contributed by atoms with Crippen LogP contribution in [0.5, 0.6) is 5.75 Å². The van der Waals surface area contributed by atoms with Gasteiger partial charge in [-0.25, -0.2) is 4.79 Å². The number of piperidine rings is 2. The number of phenols is 1. The number of benzene rings is 1. The SMILES string of the molecule is CCCc1cc(=O)oc2c(CN(CCOC)C[C@@H]3CCCN4CCCC[C@H]34)c(O)c(Cl)cc12. The van der Waals surface area contributed by atoms with Gasteiger partial charge in [0.25, 0.3) is 0 Å². The van der Waals surface area contributed by atoms with Crippen molar-refractivity contribution in [3.63, 3.8) is 0 Å². The molecule has 0 spiro atoms.